The van der Waals surface area contributed by atoms with E-state index < -0.39 is 0 Å². The Morgan fingerprint density at radius 3 is 2.67 bits per heavy atom. The molecule has 0 unspecified atom stereocenters. The van der Waals surface area contributed by atoms with Crippen LogP contribution in [0.1, 0.15) is 13.8 Å². The van der Waals surface area contributed by atoms with Crippen LogP contribution < -0.4 is 0 Å². The Bertz CT molecular complexity index is 105. The Labute approximate surface area is 55.5 Å². The maximum Gasteiger partial charge on any atom is 0.417 e. The standard InChI is InChI=1S/C7H11O2/c1-4-7(2,3)5-9-6-8/h4H,1,5H2,2-3H3. The molecule has 0 amide bonds. The Morgan fingerprint density at radius 1 is 1.78 bits per heavy atom. The molecule has 0 aromatic rings. The van der Waals surface area contributed by atoms with Gasteiger partial charge >= 0.3 is 6.47 Å². The molecule has 0 heterocycles. The molecule has 51 valence electrons. The van der Waals surface area contributed by atoms with Crippen molar-refractivity contribution < 1.29 is 9.53 Å². The first kappa shape index (κ1) is 8.21. The van der Waals surface area contributed by atoms with Crippen molar-refractivity contribution in [2.75, 3.05) is 6.61 Å². The smallest absolute Gasteiger partial charge is 0.417 e. The van der Waals surface area contributed by atoms with Gasteiger partial charge in [-0.15, -0.1) is 6.58 Å². The van der Waals surface area contributed by atoms with Crippen LogP contribution in [0.5, 0.6) is 0 Å². The number of carbonyl (C=O) groups excluding carboxylic acids is 1. The number of hydrogen-bond donors (Lipinski definition) is 0. The summed E-state index contributed by atoms with van der Waals surface area (Å²) in [5, 5.41) is 0. The van der Waals surface area contributed by atoms with Gasteiger partial charge < -0.3 is 4.74 Å². The van der Waals surface area contributed by atoms with Gasteiger partial charge in [-0.05, 0) is 0 Å². The summed E-state index contributed by atoms with van der Waals surface area (Å²) in [6, 6.07) is 0. The highest BCUT2D eigenvalue weighted by atomic mass is 16.5. The molecule has 0 aromatic heterocycles. The highest BCUT2D eigenvalue weighted by molar-refractivity contribution is 5.38. The van der Waals surface area contributed by atoms with Gasteiger partial charge in [0.25, 0.3) is 0 Å². The number of hydrogen-bond acceptors (Lipinski definition) is 2. The lowest BCUT2D eigenvalue weighted by atomic mass is 9.96. The van der Waals surface area contributed by atoms with Crippen LogP contribution in [0, 0.1) is 5.41 Å². The molecule has 0 rings (SSSR count). The molecule has 0 aliphatic rings. The third kappa shape index (κ3) is 3.76. The summed E-state index contributed by atoms with van der Waals surface area (Å²) >= 11 is 0. The Morgan fingerprint density at radius 2 is 2.33 bits per heavy atom. The van der Waals surface area contributed by atoms with Crippen LogP contribution in [-0.4, -0.2) is 13.1 Å². The topological polar surface area (TPSA) is 26.3 Å². The molecular weight excluding hydrogens is 116 g/mol. The van der Waals surface area contributed by atoms with E-state index >= 15 is 0 Å². The van der Waals surface area contributed by atoms with Crippen LogP contribution in [0.3, 0.4) is 0 Å². The lowest BCUT2D eigenvalue weighted by molar-refractivity contribution is 0.198. The molecular formula is C7H11O2. The molecule has 0 saturated carbocycles. The summed E-state index contributed by atoms with van der Waals surface area (Å²) in [5.41, 5.74) is -0.128. The van der Waals surface area contributed by atoms with Gasteiger partial charge in [-0.3, -0.25) is 0 Å². The first-order valence-corrected chi connectivity index (χ1v) is 2.75. The summed E-state index contributed by atoms with van der Waals surface area (Å²) in [6.45, 7) is 9.14. The zero-order valence-corrected chi connectivity index (χ0v) is 5.81. The predicted octanol–water partition coefficient (Wildman–Crippen LogP) is 1.28. The second-order valence-corrected chi connectivity index (χ2v) is 2.56. The summed E-state index contributed by atoms with van der Waals surface area (Å²) in [6.07, 6.45) is 1.74. The van der Waals surface area contributed by atoms with Gasteiger partial charge in [-0.25, -0.2) is 4.79 Å². The summed E-state index contributed by atoms with van der Waals surface area (Å²) < 4.78 is 4.41. The zero-order valence-electron chi connectivity index (χ0n) is 5.81. The van der Waals surface area contributed by atoms with Crippen LogP contribution >= 0.6 is 0 Å². The molecule has 9 heavy (non-hydrogen) atoms. The van der Waals surface area contributed by atoms with Gasteiger partial charge in [0.2, 0.25) is 0 Å². The Kier molecular flexibility index (Phi) is 2.99. The fraction of sp³-hybridized carbons (Fsp3) is 0.571. The molecule has 2 nitrogen and oxygen atoms in total. The van der Waals surface area contributed by atoms with Crippen LogP contribution in [0.15, 0.2) is 12.7 Å². The zero-order chi connectivity index (χ0) is 7.33. The van der Waals surface area contributed by atoms with E-state index in [1.54, 1.807) is 6.08 Å². The highest BCUT2D eigenvalue weighted by Crippen LogP contribution is 2.14. The van der Waals surface area contributed by atoms with E-state index in [0.717, 1.165) is 0 Å². The van der Waals surface area contributed by atoms with Crippen molar-refractivity contribution in [3.63, 3.8) is 0 Å². The predicted molar refractivity (Wildman–Crippen MR) is 35.6 cm³/mol. The molecule has 0 aromatic carbocycles. The molecule has 0 saturated heterocycles. The molecule has 2 heteroatoms. The lowest BCUT2D eigenvalue weighted by Gasteiger charge is -2.16. The van der Waals surface area contributed by atoms with Crippen molar-refractivity contribution in [3.05, 3.63) is 12.7 Å². The highest BCUT2D eigenvalue weighted by Gasteiger charge is 2.12. The SMILES string of the molecule is C=CC(C)(C)CO[C]=O. The first-order chi connectivity index (χ1) is 4.12. The fourth-order valence-corrected chi connectivity index (χ4v) is 0.274. The van der Waals surface area contributed by atoms with Crippen LogP contribution in [0.4, 0.5) is 0 Å². The molecule has 0 N–H and O–H groups in total. The van der Waals surface area contributed by atoms with Crippen molar-refractivity contribution in [1.29, 1.82) is 0 Å². The Balaban J connectivity index is 3.57. The summed E-state index contributed by atoms with van der Waals surface area (Å²) in [5.74, 6) is 0. The molecule has 0 aliphatic carbocycles. The van der Waals surface area contributed by atoms with E-state index in [1.165, 1.54) is 6.47 Å². The van der Waals surface area contributed by atoms with Gasteiger partial charge in [-0.2, -0.15) is 0 Å². The minimum atomic E-state index is -0.128. The van der Waals surface area contributed by atoms with Gasteiger partial charge in [0, 0.05) is 5.41 Å². The van der Waals surface area contributed by atoms with Crippen molar-refractivity contribution in [2.45, 2.75) is 13.8 Å². The summed E-state index contributed by atoms with van der Waals surface area (Å²) in [7, 11) is 0. The van der Waals surface area contributed by atoms with Crippen molar-refractivity contribution in [3.8, 4) is 0 Å². The van der Waals surface area contributed by atoms with Crippen molar-refractivity contribution in [1.82, 2.24) is 0 Å². The van der Waals surface area contributed by atoms with E-state index in [0.29, 0.717) is 6.61 Å². The monoisotopic (exact) mass is 127 g/mol. The average Bonchev–Trinajstić information content (AvgIpc) is 1.84. The normalized spacial score (nSPS) is 10.4. The van der Waals surface area contributed by atoms with E-state index in [4.69, 9.17) is 0 Å². The van der Waals surface area contributed by atoms with Crippen LogP contribution in [-0.2, 0) is 9.53 Å². The summed E-state index contributed by atoms with van der Waals surface area (Å²) in [4.78, 5) is 9.59. The maximum atomic E-state index is 9.59. The van der Waals surface area contributed by atoms with Gasteiger partial charge in [0.15, 0.2) is 0 Å². The quantitative estimate of drug-likeness (QED) is 0.532. The minimum Gasteiger partial charge on any atom is -0.456 e. The minimum absolute atomic E-state index is 0.128. The number of ether oxygens (including phenoxy) is 1. The third-order valence-electron chi connectivity index (χ3n) is 1.06. The molecule has 0 atom stereocenters. The largest absolute Gasteiger partial charge is 0.456 e. The second kappa shape index (κ2) is 3.28. The molecule has 0 aliphatic heterocycles. The van der Waals surface area contributed by atoms with Gasteiger partial charge in [-0.1, -0.05) is 19.9 Å². The maximum absolute atomic E-state index is 9.59. The van der Waals surface area contributed by atoms with E-state index in [2.05, 4.69) is 11.3 Å². The van der Waals surface area contributed by atoms with Gasteiger partial charge in [0.05, 0.1) is 0 Å². The molecule has 1 radical (unpaired) electrons. The van der Waals surface area contributed by atoms with E-state index in [1.807, 2.05) is 13.8 Å². The molecule has 0 bridgehead atoms. The average molecular weight is 127 g/mol. The Hall–Kier alpha value is -0.790. The van der Waals surface area contributed by atoms with Crippen molar-refractivity contribution >= 4 is 6.47 Å². The fourth-order valence-electron chi connectivity index (χ4n) is 0.274. The third-order valence-corrected chi connectivity index (χ3v) is 1.06. The van der Waals surface area contributed by atoms with Crippen molar-refractivity contribution in [2.24, 2.45) is 5.41 Å². The lowest BCUT2D eigenvalue weighted by Crippen LogP contribution is -2.15. The van der Waals surface area contributed by atoms with E-state index in [9.17, 15) is 4.79 Å². The second-order valence-electron chi connectivity index (χ2n) is 2.56. The first-order valence-electron chi connectivity index (χ1n) is 2.75. The van der Waals surface area contributed by atoms with Gasteiger partial charge in [0.1, 0.15) is 6.61 Å². The van der Waals surface area contributed by atoms with Crippen LogP contribution in [0.25, 0.3) is 0 Å². The van der Waals surface area contributed by atoms with E-state index in [-0.39, 0.29) is 5.41 Å². The van der Waals surface area contributed by atoms with Crippen LogP contribution in [0.2, 0.25) is 0 Å². The molecule has 0 fully saturated rings. The molecule has 0 spiro atoms. The number of rotatable bonds is 4.